The van der Waals surface area contributed by atoms with Gasteiger partial charge in [0.25, 0.3) is 0 Å². The average molecular weight is 313 g/mol. The Morgan fingerprint density at radius 3 is 2.95 bits per heavy atom. The smallest absolute Gasteiger partial charge is 0.248 e. The zero-order valence-electron chi connectivity index (χ0n) is 11.2. The summed E-state index contributed by atoms with van der Waals surface area (Å²) in [6, 6.07) is 7.05. The maximum atomic E-state index is 12.0. The lowest BCUT2D eigenvalue weighted by Gasteiger charge is -2.10. The largest absolute Gasteiger partial charge is 0.317 e. The summed E-state index contributed by atoms with van der Waals surface area (Å²) in [5, 5.41) is 14.1. The number of carbonyl (C=O) groups excluding carboxylic acids is 2. The molecule has 0 bridgehead atoms. The normalized spacial score (nSPS) is 16.2. The van der Waals surface area contributed by atoms with Crippen molar-refractivity contribution >= 4 is 35.1 Å². The number of nitrogens with one attached hydrogen (secondary N) is 1. The van der Waals surface area contributed by atoms with Crippen molar-refractivity contribution in [1.82, 2.24) is 5.32 Å². The van der Waals surface area contributed by atoms with Crippen LogP contribution in [0.25, 0.3) is 6.08 Å². The molecule has 1 N–H and O–H groups in total. The summed E-state index contributed by atoms with van der Waals surface area (Å²) in [6.45, 7) is 0. The van der Waals surface area contributed by atoms with Gasteiger partial charge in [0.15, 0.2) is 0 Å². The van der Waals surface area contributed by atoms with Gasteiger partial charge in [-0.25, -0.2) is 0 Å². The number of halogens is 1. The molecular weight excluding hydrogens is 304 g/mol. The summed E-state index contributed by atoms with van der Waals surface area (Å²) in [7, 11) is 0. The number of rotatable bonds is 3. The van der Waals surface area contributed by atoms with E-state index >= 15 is 0 Å². The van der Waals surface area contributed by atoms with Crippen LogP contribution in [0.4, 0.5) is 0 Å². The third-order valence-electron chi connectivity index (χ3n) is 2.94. The van der Waals surface area contributed by atoms with E-state index in [-0.39, 0.29) is 17.2 Å². The van der Waals surface area contributed by atoms with Crippen LogP contribution >= 0.6 is 11.6 Å². The van der Waals surface area contributed by atoms with Gasteiger partial charge in [0, 0.05) is 11.1 Å². The Balaban J connectivity index is 1.76. The number of allylic oxidation sites excluding steroid dienone is 2. The minimum Gasteiger partial charge on any atom is -0.317 e. The summed E-state index contributed by atoms with van der Waals surface area (Å²) >= 11 is 5.87. The molecule has 0 radical (unpaired) electrons. The Labute approximate surface area is 130 Å². The second kappa shape index (κ2) is 5.87. The molecular formula is C15H9ClN4O2. The molecule has 1 heterocycles. The first-order chi connectivity index (χ1) is 10.6. The molecule has 108 valence electrons. The minimum absolute atomic E-state index is 0.0724. The number of ketones is 1. The molecule has 0 unspecified atom stereocenters. The Kier molecular flexibility index (Phi) is 3.76. The first-order valence-electron chi connectivity index (χ1n) is 6.34. The van der Waals surface area contributed by atoms with E-state index in [9.17, 15) is 9.59 Å². The van der Waals surface area contributed by atoms with E-state index in [4.69, 9.17) is 11.6 Å². The molecule has 1 aromatic rings. The lowest BCUT2D eigenvalue weighted by molar-refractivity contribution is -0.118. The van der Waals surface area contributed by atoms with Crippen LogP contribution < -0.4 is 5.32 Å². The van der Waals surface area contributed by atoms with Crippen LogP contribution in [0, 0.1) is 0 Å². The average Bonchev–Trinajstić information content (AvgIpc) is 2.97. The van der Waals surface area contributed by atoms with Crippen LogP contribution in [-0.2, 0) is 9.59 Å². The number of carbonyl (C=O) groups is 2. The van der Waals surface area contributed by atoms with Crippen LogP contribution in [-0.4, -0.2) is 17.4 Å². The monoisotopic (exact) mass is 312 g/mol. The van der Waals surface area contributed by atoms with Crippen LogP contribution in [0.5, 0.6) is 0 Å². The molecule has 2 aliphatic rings. The van der Waals surface area contributed by atoms with Gasteiger partial charge in [0.05, 0.1) is 0 Å². The highest BCUT2D eigenvalue weighted by Crippen LogP contribution is 2.19. The zero-order valence-corrected chi connectivity index (χ0v) is 11.9. The van der Waals surface area contributed by atoms with Gasteiger partial charge in [0.1, 0.15) is 17.1 Å². The number of hydrogen-bond donors (Lipinski definition) is 1. The molecule has 6 nitrogen and oxygen atoms in total. The minimum atomic E-state index is -0.451. The van der Waals surface area contributed by atoms with Gasteiger partial charge < -0.3 is 5.32 Å². The van der Waals surface area contributed by atoms with Crippen molar-refractivity contribution in [2.24, 2.45) is 15.4 Å². The molecule has 0 atom stereocenters. The predicted molar refractivity (Wildman–Crippen MR) is 82.1 cm³/mol. The first-order valence-corrected chi connectivity index (χ1v) is 6.72. The van der Waals surface area contributed by atoms with E-state index in [0.717, 1.165) is 5.56 Å². The molecule has 0 aromatic heterocycles. The van der Waals surface area contributed by atoms with E-state index in [1.165, 1.54) is 18.2 Å². The zero-order chi connectivity index (χ0) is 15.5. The van der Waals surface area contributed by atoms with Crippen LogP contribution in [0.3, 0.4) is 0 Å². The topological polar surface area (TPSA) is 83.2 Å². The molecule has 0 fully saturated rings. The fraction of sp³-hybridized carbons (Fsp3) is 0. The number of hydrogen-bond acceptors (Lipinski definition) is 5. The summed E-state index contributed by atoms with van der Waals surface area (Å²) in [6.07, 6.45) is 5.73. The van der Waals surface area contributed by atoms with Crippen molar-refractivity contribution < 1.29 is 9.59 Å². The van der Waals surface area contributed by atoms with Gasteiger partial charge in [-0.1, -0.05) is 23.7 Å². The highest BCUT2D eigenvalue weighted by Gasteiger charge is 2.25. The molecule has 0 saturated heterocycles. The van der Waals surface area contributed by atoms with Crippen LogP contribution in [0.2, 0.25) is 5.02 Å². The van der Waals surface area contributed by atoms with Gasteiger partial charge in [-0.3, -0.25) is 9.59 Å². The lowest BCUT2D eigenvalue weighted by Crippen LogP contribution is -2.29. The predicted octanol–water partition coefficient (Wildman–Crippen LogP) is 2.64. The number of benzene rings is 1. The molecule has 0 saturated carbocycles. The summed E-state index contributed by atoms with van der Waals surface area (Å²) < 4.78 is 0. The quantitative estimate of drug-likeness (QED) is 0.687. The molecule has 1 aliphatic carbocycles. The van der Waals surface area contributed by atoms with Gasteiger partial charge in [-0.15, -0.1) is 10.2 Å². The molecule has 7 heteroatoms. The molecule has 1 amide bonds. The van der Waals surface area contributed by atoms with Crippen molar-refractivity contribution in [3.8, 4) is 0 Å². The van der Waals surface area contributed by atoms with Crippen molar-refractivity contribution in [3.05, 3.63) is 64.5 Å². The number of nitrogens with zero attached hydrogens (tertiary/aromatic N) is 3. The van der Waals surface area contributed by atoms with Gasteiger partial charge >= 0.3 is 0 Å². The maximum absolute atomic E-state index is 12.0. The number of amides is 1. The standard InChI is InChI=1S/C15H9ClN4O2/c16-10-3-1-2-9(8-10)4-7-13(22)17-15-12(21)6-5-11-14(15)19-20-18-11/h1-8H,(H,17,22). The van der Waals surface area contributed by atoms with Gasteiger partial charge in [0.2, 0.25) is 11.7 Å². The highest BCUT2D eigenvalue weighted by atomic mass is 35.5. The molecule has 1 aliphatic heterocycles. The van der Waals surface area contributed by atoms with E-state index in [0.29, 0.717) is 10.7 Å². The van der Waals surface area contributed by atoms with E-state index in [1.54, 1.807) is 24.3 Å². The number of fused-ring (bicyclic) bond motifs is 1. The summed E-state index contributed by atoms with van der Waals surface area (Å²) in [5.41, 5.74) is 1.58. The van der Waals surface area contributed by atoms with E-state index < -0.39 is 5.91 Å². The van der Waals surface area contributed by atoms with Crippen molar-refractivity contribution in [2.45, 2.75) is 0 Å². The maximum Gasteiger partial charge on any atom is 0.248 e. The lowest BCUT2D eigenvalue weighted by atomic mass is 10.1. The van der Waals surface area contributed by atoms with Gasteiger partial charge in [-0.05, 0) is 41.1 Å². The molecule has 1 aromatic carbocycles. The SMILES string of the molecule is O=C(C=Cc1cccc(Cl)c1)NC1=C2N=NN=C2C=CC1=O. The Morgan fingerprint density at radius 1 is 1.27 bits per heavy atom. The van der Waals surface area contributed by atoms with Crippen molar-refractivity contribution in [3.63, 3.8) is 0 Å². The fourth-order valence-corrected chi connectivity index (χ4v) is 2.13. The Hall–Kier alpha value is -2.86. The summed E-state index contributed by atoms with van der Waals surface area (Å²) in [5.74, 6) is -0.799. The van der Waals surface area contributed by atoms with Crippen LogP contribution in [0.1, 0.15) is 5.56 Å². The van der Waals surface area contributed by atoms with E-state index in [2.05, 4.69) is 20.8 Å². The molecule has 22 heavy (non-hydrogen) atoms. The second-order valence-electron chi connectivity index (χ2n) is 4.47. The second-order valence-corrected chi connectivity index (χ2v) is 4.91. The van der Waals surface area contributed by atoms with Crippen LogP contribution in [0.15, 0.2) is 69.3 Å². The van der Waals surface area contributed by atoms with Crippen molar-refractivity contribution in [2.75, 3.05) is 0 Å². The summed E-state index contributed by atoms with van der Waals surface area (Å²) in [4.78, 5) is 23.8. The third kappa shape index (κ3) is 2.91. The fourth-order valence-electron chi connectivity index (χ4n) is 1.93. The Bertz CT molecular complexity index is 819. The van der Waals surface area contributed by atoms with Gasteiger partial charge in [-0.2, -0.15) is 0 Å². The Morgan fingerprint density at radius 2 is 2.14 bits per heavy atom. The molecule has 3 rings (SSSR count). The molecule has 0 spiro atoms. The highest BCUT2D eigenvalue weighted by molar-refractivity contribution is 6.30. The first kappa shape index (κ1) is 14.1. The van der Waals surface area contributed by atoms with Crippen molar-refractivity contribution in [1.29, 1.82) is 0 Å². The van der Waals surface area contributed by atoms with E-state index in [1.807, 2.05) is 6.07 Å². The third-order valence-corrected chi connectivity index (χ3v) is 3.17.